The molecule has 3 aliphatic carbocycles. The van der Waals surface area contributed by atoms with Crippen molar-refractivity contribution in [2.45, 2.75) is 178 Å². The van der Waals surface area contributed by atoms with Gasteiger partial charge in [0, 0.05) is 19.5 Å². The van der Waals surface area contributed by atoms with E-state index in [2.05, 4.69) is 15.4 Å². The average Bonchev–Trinajstić information content (AvgIpc) is 4.08. The minimum atomic E-state index is -4.62. The van der Waals surface area contributed by atoms with Gasteiger partial charge in [-0.05, 0) is 79.9 Å². The lowest BCUT2D eigenvalue weighted by molar-refractivity contribution is -0.164. The lowest BCUT2D eigenvalue weighted by atomic mass is 9.82. The molecule has 1 saturated heterocycles. The lowest BCUT2D eigenvalue weighted by Gasteiger charge is -2.37. The van der Waals surface area contributed by atoms with Crippen LogP contribution in [0, 0.1) is 11.8 Å². The van der Waals surface area contributed by atoms with Crippen LogP contribution < -0.4 is 15.4 Å². The van der Waals surface area contributed by atoms with Gasteiger partial charge >= 0.3 is 12.3 Å². The Bertz CT molecular complexity index is 1750. The average molecular weight is 824 g/mol. The van der Waals surface area contributed by atoms with Crippen LogP contribution in [0.5, 0.6) is 0 Å². The largest absolute Gasteiger partial charge is 0.444 e. The predicted octanol–water partition coefficient (Wildman–Crippen LogP) is 6.00. The van der Waals surface area contributed by atoms with Crippen molar-refractivity contribution in [1.82, 2.24) is 25.2 Å². The van der Waals surface area contributed by atoms with Crippen molar-refractivity contribution in [3.8, 4) is 0 Å². The number of carbonyl (C=O) groups excluding carboxylic acids is 4. The summed E-state index contributed by atoms with van der Waals surface area (Å²) in [7, 11) is -3.92. The Morgan fingerprint density at radius 3 is 2.28 bits per heavy atom. The Balaban J connectivity index is 0.00000270. The maximum Gasteiger partial charge on any atom is 0.410 e. The first-order chi connectivity index (χ1) is 27.2. The topological polar surface area (TPSA) is 154 Å². The quantitative estimate of drug-likeness (QED) is 0.303. The third kappa shape index (κ3) is 9.74. The van der Waals surface area contributed by atoms with Gasteiger partial charge in [0.1, 0.15) is 23.7 Å². The maximum atomic E-state index is 14.8. The van der Waals surface area contributed by atoms with Crippen molar-refractivity contribution in [3.05, 3.63) is 34.9 Å². The number of sulfonamides is 1. The van der Waals surface area contributed by atoms with Crippen LogP contribution in [0.4, 0.5) is 18.0 Å². The van der Waals surface area contributed by atoms with Crippen LogP contribution in [0.3, 0.4) is 0 Å². The maximum absolute atomic E-state index is 14.8. The van der Waals surface area contributed by atoms with Crippen molar-refractivity contribution < 1.29 is 45.5 Å². The number of alkyl halides is 3. The van der Waals surface area contributed by atoms with Gasteiger partial charge in [0.05, 0.1) is 17.8 Å². The van der Waals surface area contributed by atoms with Crippen molar-refractivity contribution in [1.29, 1.82) is 0 Å². The zero-order valence-electron chi connectivity index (χ0n) is 33.5. The molecule has 3 N–H and O–H groups in total. The van der Waals surface area contributed by atoms with Gasteiger partial charge in [-0.15, -0.1) is 0 Å². The van der Waals surface area contributed by atoms with Crippen molar-refractivity contribution in [2.24, 2.45) is 11.8 Å². The highest BCUT2D eigenvalue weighted by molar-refractivity contribution is 7.91. The van der Waals surface area contributed by atoms with Crippen molar-refractivity contribution in [2.75, 3.05) is 6.54 Å². The standard InChI is InChI=1S/C39H54F3N5O7S.C2H6/c1-2-27-20-38(27,36(50)45-55(52,53)29-17-18-29)44-34(48)31-19-28-22-47(31)35(49)33(25-12-7-5-8-13-25)43-32(39(40,41)42)16-9-4-3-6-11-24-14-10-15-26-21-46(23-30(24)26)37(51)54-28;1-2/h10,14-15,25,27-29,31-33,43H,2-9,11-13,16-23H2,1H3,(H,44,48)(H,45,50);1-2H3/t27-,28?,31+,32?,33+,38-;/m1./s1. The number of aryl methyl sites for hydroxylation is 1. The summed E-state index contributed by atoms with van der Waals surface area (Å²) in [5.74, 6) is -3.01. The molecule has 57 heavy (non-hydrogen) atoms. The van der Waals surface area contributed by atoms with E-state index >= 15 is 0 Å². The molecule has 2 unspecified atom stereocenters. The number of hydrogen-bond acceptors (Lipinski definition) is 8. The number of carbonyl (C=O) groups is 4. The fourth-order valence-corrected chi connectivity index (χ4v) is 10.7. The monoisotopic (exact) mass is 823 g/mol. The van der Waals surface area contributed by atoms with Gasteiger partial charge in [-0.25, -0.2) is 13.2 Å². The number of hydrogen-bond donors (Lipinski definition) is 3. The highest BCUT2D eigenvalue weighted by Gasteiger charge is 2.62. The smallest absolute Gasteiger partial charge is 0.410 e. The molecule has 3 heterocycles. The minimum absolute atomic E-state index is 0.135. The third-order valence-electron chi connectivity index (χ3n) is 12.9. The van der Waals surface area contributed by atoms with Gasteiger partial charge in [-0.2, -0.15) is 13.2 Å². The molecular formula is C41H60F3N5O7S. The summed E-state index contributed by atoms with van der Waals surface area (Å²) in [6, 6.07) is 1.47. The number of amides is 4. The van der Waals surface area contributed by atoms with E-state index in [1.54, 1.807) is 4.90 Å². The molecule has 16 heteroatoms. The number of benzene rings is 1. The molecule has 1 aromatic rings. The molecule has 6 aliphatic rings. The summed E-state index contributed by atoms with van der Waals surface area (Å²) in [6.07, 6.45) is 1.73. The molecule has 4 amide bonds. The second-order valence-corrected chi connectivity index (χ2v) is 18.7. The summed E-state index contributed by atoms with van der Waals surface area (Å²) in [5.41, 5.74) is 1.61. The molecule has 1 aromatic carbocycles. The van der Waals surface area contributed by atoms with Crippen LogP contribution >= 0.6 is 0 Å². The molecule has 0 aromatic heterocycles. The second kappa shape index (κ2) is 17.8. The number of ether oxygens (including phenoxy) is 1. The van der Waals surface area contributed by atoms with E-state index in [0.717, 1.165) is 55.2 Å². The van der Waals surface area contributed by atoms with Crippen LogP contribution in [0.1, 0.15) is 134 Å². The number of halogens is 3. The molecule has 4 fully saturated rings. The molecule has 12 nitrogen and oxygen atoms in total. The normalized spacial score (nSPS) is 30.2. The van der Waals surface area contributed by atoms with Crippen molar-refractivity contribution in [3.63, 3.8) is 0 Å². The SMILES string of the molecule is CC.CC[C@@H]1C[C@]1(NC(=O)[C@@H]1CC2CN1C(=O)[C@H](C1CCCCC1)NC(C(F)(F)F)CCCCCCc1cccc3c1CN(C3)C(=O)O2)C(=O)NS(=O)(=O)C1CC1. The summed E-state index contributed by atoms with van der Waals surface area (Å²) in [6.45, 7) is 6.28. The highest BCUT2D eigenvalue weighted by atomic mass is 32.2. The molecule has 0 radical (unpaired) electrons. The second-order valence-electron chi connectivity index (χ2n) is 16.7. The molecule has 0 spiro atoms. The van der Waals surface area contributed by atoms with Gasteiger partial charge in [0.15, 0.2) is 0 Å². The van der Waals surface area contributed by atoms with Gasteiger partial charge in [0.25, 0.3) is 5.91 Å². The molecule has 3 aliphatic heterocycles. The van der Waals surface area contributed by atoms with Gasteiger partial charge in [0.2, 0.25) is 21.8 Å². The first-order valence-electron chi connectivity index (χ1n) is 21.3. The number of fused-ring (bicyclic) bond motifs is 3. The van der Waals surface area contributed by atoms with E-state index in [4.69, 9.17) is 4.74 Å². The van der Waals surface area contributed by atoms with E-state index in [0.29, 0.717) is 58.0 Å². The fraction of sp³-hybridized carbons (Fsp3) is 0.756. The van der Waals surface area contributed by atoms with Crippen LogP contribution in [-0.4, -0.2) is 89.8 Å². The van der Waals surface area contributed by atoms with Crippen LogP contribution in [0.25, 0.3) is 0 Å². The van der Waals surface area contributed by atoms with E-state index in [1.807, 2.05) is 39.0 Å². The molecule has 318 valence electrons. The van der Waals surface area contributed by atoms with E-state index < -0.39 is 81.0 Å². The molecule has 7 rings (SSSR count). The Morgan fingerprint density at radius 1 is 0.947 bits per heavy atom. The predicted molar refractivity (Wildman–Crippen MR) is 207 cm³/mol. The molecular weight excluding hydrogens is 764 g/mol. The van der Waals surface area contributed by atoms with Gasteiger partial charge < -0.3 is 15.0 Å². The Kier molecular flexibility index (Phi) is 13.5. The minimum Gasteiger partial charge on any atom is -0.444 e. The Labute approximate surface area is 334 Å². The van der Waals surface area contributed by atoms with Crippen LogP contribution in [0.2, 0.25) is 0 Å². The van der Waals surface area contributed by atoms with Gasteiger partial charge in [-0.3, -0.25) is 29.3 Å². The van der Waals surface area contributed by atoms with Crippen LogP contribution in [-0.2, 0) is 48.7 Å². The van der Waals surface area contributed by atoms with Crippen molar-refractivity contribution >= 4 is 33.8 Å². The summed E-state index contributed by atoms with van der Waals surface area (Å²) in [5, 5.41) is 4.87. The number of nitrogens with one attached hydrogen (secondary N) is 3. The molecule has 4 bridgehead atoms. The zero-order valence-corrected chi connectivity index (χ0v) is 34.3. The highest BCUT2D eigenvalue weighted by Crippen LogP contribution is 2.47. The lowest BCUT2D eigenvalue weighted by Crippen LogP contribution is -2.61. The van der Waals surface area contributed by atoms with E-state index in [1.165, 1.54) is 4.90 Å². The zero-order chi connectivity index (χ0) is 41.1. The summed E-state index contributed by atoms with van der Waals surface area (Å²) >= 11 is 0. The summed E-state index contributed by atoms with van der Waals surface area (Å²) in [4.78, 5) is 59.2. The van der Waals surface area contributed by atoms with E-state index in [9.17, 15) is 40.8 Å². The van der Waals surface area contributed by atoms with E-state index in [-0.39, 0.29) is 31.7 Å². The van der Waals surface area contributed by atoms with Gasteiger partial charge in [-0.1, -0.05) is 83.9 Å². The van der Waals surface area contributed by atoms with Crippen LogP contribution in [0.15, 0.2) is 18.2 Å². The summed E-state index contributed by atoms with van der Waals surface area (Å²) < 4.78 is 77.7. The fourth-order valence-electron chi connectivity index (χ4n) is 9.37. The number of rotatable bonds is 7. The Hall–Kier alpha value is -3.40. The first kappa shape index (κ1) is 43.2. The number of nitrogens with zero attached hydrogens (tertiary/aromatic N) is 2. The Morgan fingerprint density at radius 2 is 1.61 bits per heavy atom. The first-order valence-corrected chi connectivity index (χ1v) is 22.8. The molecule has 6 atom stereocenters. The third-order valence-corrected chi connectivity index (χ3v) is 14.7. The molecule has 3 saturated carbocycles.